The first-order valence-electron chi connectivity index (χ1n) is 5.45. The van der Waals surface area contributed by atoms with E-state index in [2.05, 4.69) is 6.92 Å². The number of ether oxygens (including phenoxy) is 1. The van der Waals surface area contributed by atoms with E-state index in [1.807, 2.05) is 0 Å². The van der Waals surface area contributed by atoms with E-state index >= 15 is 0 Å². The molecule has 1 aliphatic carbocycles. The van der Waals surface area contributed by atoms with Gasteiger partial charge in [0.1, 0.15) is 6.10 Å². The molecule has 3 heteroatoms. The molecule has 1 atom stereocenters. The van der Waals surface area contributed by atoms with Gasteiger partial charge in [-0.2, -0.15) is 0 Å². The molecule has 1 rings (SSSR count). The number of aliphatic hydroxyl groups is 1. The van der Waals surface area contributed by atoms with Crippen molar-refractivity contribution in [2.75, 3.05) is 0 Å². The Morgan fingerprint density at radius 2 is 2.00 bits per heavy atom. The molecule has 1 saturated carbocycles. The van der Waals surface area contributed by atoms with Gasteiger partial charge in [-0.05, 0) is 38.5 Å². The minimum atomic E-state index is -0.593. The van der Waals surface area contributed by atoms with Crippen LogP contribution in [0.15, 0.2) is 0 Å². The number of esters is 1. The second kappa shape index (κ2) is 5.35. The van der Waals surface area contributed by atoms with Gasteiger partial charge in [-0.25, -0.2) is 0 Å². The summed E-state index contributed by atoms with van der Waals surface area (Å²) < 4.78 is 5.25. The van der Waals surface area contributed by atoms with E-state index < -0.39 is 6.10 Å². The topological polar surface area (TPSA) is 46.5 Å². The van der Waals surface area contributed by atoms with Crippen molar-refractivity contribution in [3.63, 3.8) is 0 Å². The zero-order chi connectivity index (χ0) is 10.6. The normalized spacial score (nSPS) is 29.6. The average molecular weight is 200 g/mol. The first kappa shape index (κ1) is 11.5. The molecule has 0 aromatic heterocycles. The number of rotatable bonds is 3. The highest BCUT2D eigenvalue weighted by Crippen LogP contribution is 2.25. The average Bonchev–Trinajstić information content (AvgIpc) is 2.07. The largest absolute Gasteiger partial charge is 0.462 e. The second-order valence-electron chi connectivity index (χ2n) is 4.42. The van der Waals surface area contributed by atoms with Crippen LogP contribution in [0.25, 0.3) is 0 Å². The number of hydrogen-bond acceptors (Lipinski definition) is 3. The Hall–Kier alpha value is -0.570. The predicted octanol–water partition coefficient (Wildman–Crippen LogP) is 1.88. The van der Waals surface area contributed by atoms with E-state index in [1.54, 1.807) is 6.92 Å². The van der Waals surface area contributed by atoms with Crippen LogP contribution in [0.5, 0.6) is 0 Å². The fraction of sp³-hybridized carbons (Fsp3) is 0.909. The zero-order valence-corrected chi connectivity index (χ0v) is 9.03. The Morgan fingerprint density at radius 3 is 2.50 bits per heavy atom. The Balaban J connectivity index is 2.20. The summed E-state index contributed by atoms with van der Waals surface area (Å²) in [6, 6.07) is 0. The molecule has 1 unspecified atom stereocenters. The molecule has 3 nitrogen and oxygen atoms in total. The van der Waals surface area contributed by atoms with Crippen LogP contribution in [0.4, 0.5) is 0 Å². The fourth-order valence-corrected chi connectivity index (χ4v) is 1.82. The lowest BCUT2D eigenvalue weighted by atomic mass is 9.89. The highest BCUT2D eigenvalue weighted by atomic mass is 16.5. The molecule has 0 amide bonds. The maximum atomic E-state index is 11.2. The van der Waals surface area contributed by atoms with Gasteiger partial charge in [0.05, 0.1) is 12.5 Å². The molecule has 82 valence electrons. The Labute approximate surface area is 85.5 Å². The van der Waals surface area contributed by atoms with Crippen molar-refractivity contribution in [3.8, 4) is 0 Å². The van der Waals surface area contributed by atoms with E-state index in [0.717, 1.165) is 31.6 Å². The fourth-order valence-electron chi connectivity index (χ4n) is 1.82. The molecule has 0 bridgehead atoms. The van der Waals surface area contributed by atoms with Crippen LogP contribution in [-0.4, -0.2) is 23.3 Å². The van der Waals surface area contributed by atoms with Gasteiger partial charge in [-0.15, -0.1) is 0 Å². The van der Waals surface area contributed by atoms with Crippen molar-refractivity contribution < 1.29 is 14.6 Å². The number of carbonyl (C=O) groups is 1. The summed E-state index contributed by atoms with van der Waals surface area (Å²) in [4.78, 5) is 11.2. The molecule has 0 spiro atoms. The lowest BCUT2D eigenvalue weighted by Gasteiger charge is -2.26. The molecule has 1 N–H and O–H groups in total. The number of carbonyl (C=O) groups excluding carboxylic acids is 1. The third-order valence-electron chi connectivity index (χ3n) is 2.72. The van der Waals surface area contributed by atoms with Crippen LogP contribution in [0.2, 0.25) is 0 Å². The molecule has 1 fully saturated rings. The van der Waals surface area contributed by atoms with Crippen molar-refractivity contribution in [2.24, 2.45) is 5.92 Å². The molecule has 0 heterocycles. The van der Waals surface area contributed by atoms with Gasteiger partial charge in [0.2, 0.25) is 0 Å². The molecule has 1 aliphatic rings. The SMILES string of the molecule is CC(O)CC(=O)OC1CCC(C)CC1. The minimum Gasteiger partial charge on any atom is -0.462 e. The van der Waals surface area contributed by atoms with Crippen molar-refractivity contribution in [3.05, 3.63) is 0 Å². The van der Waals surface area contributed by atoms with Crippen LogP contribution in [0, 0.1) is 5.92 Å². The molecule has 0 radical (unpaired) electrons. The van der Waals surface area contributed by atoms with Crippen LogP contribution < -0.4 is 0 Å². The maximum absolute atomic E-state index is 11.2. The predicted molar refractivity (Wildman–Crippen MR) is 53.8 cm³/mol. The quantitative estimate of drug-likeness (QED) is 0.707. The van der Waals surface area contributed by atoms with Crippen molar-refractivity contribution >= 4 is 5.97 Å². The minimum absolute atomic E-state index is 0.0949. The summed E-state index contributed by atoms with van der Waals surface area (Å²) in [5.74, 6) is 0.501. The van der Waals surface area contributed by atoms with Crippen molar-refractivity contribution in [2.45, 2.75) is 58.2 Å². The molecular weight excluding hydrogens is 180 g/mol. The Morgan fingerprint density at radius 1 is 1.43 bits per heavy atom. The molecule has 0 saturated heterocycles. The molecule has 0 aromatic carbocycles. The van der Waals surface area contributed by atoms with Crippen LogP contribution >= 0.6 is 0 Å². The molecular formula is C11H20O3. The zero-order valence-electron chi connectivity index (χ0n) is 9.03. The number of aliphatic hydroxyl groups excluding tert-OH is 1. The molecule has 0 aliphatic heterocycles. The highest BCUT2D eigenvalue weighted by molar-refractivity contribution is 5.70. The first-order valence-corrected chi connectivity index (χ1v) is 5.45. The summed E-state index contributed by atoms with van der Waals surface area (Å²) in [7, 11) is 0. The van der Waals surface area contributed by atoms with Crippen LogP contribution in [-0.2, 0) is 9.53 Å². The monoisotopic (exact) mass is 200 g/mol. The van der Waals surface area contributed by atoms with Gasteiger partial charge in [-0.3, -0.25) is 4.79 Å². The van der Waals surface area contributed by atoms with E-state index in [9.17, 15) is 4.79 Å². The summed E-state index contributed by atoms with van der Waals surface area (Å²) in [6.45, 7) is 3.83. The lowest BCUT2D eigenvalue weighted by molar-refractivity contribution is -0.152. The smallest absolute Gasteiger partial charge is 0.308 e. The third kappa shape index (κ3) is 4.09. The standard InChI is InChI=1S/C11H20O3/c1-8-3-5-10(6-4-8)14-11(13)7-9(2)12/h8-10,12H,3-7H2,1-2H3. The summed E-state index contributed by atoms with van der Waals surface area (Å²) >= 11 is 0. The summed E-state index contributed by atoms with van der Waals surface area (Å²) in [5.41, 5.74) is 0. The van der Waals surface area contributed by atoms with Gasteiger partial charge >= 0.3 is 5.97 Å². The van der Waals surface area contributed by atoms with Crippen LogP contribution in [0.1, 0.15) is 46.0 Å². The molecule has 14 heavy (non-hydrogen) atoms. The maximum Gasteiger partial charge on any atom is 0.308 e. The Kier molecular flexibility index (Phi) is 4.39. The summed E-state index contributed by atoms with van der Waals surface area (Å²) in [6.07, 6.45) is 3.87. The first-order chi connectivity index (χ1) is 6.58. The van der Waals surface area contributed by atoms with E-state index in [0.29, 0.717) is 0 Å². The van der Waals surface area contributed by atoms with Gasteiger partial charge in [0.15, 0.2) is 0 Å². The lowest BCUT2D eigenvalue weighted by Crippen LogP contribution is -2.25. The van der Waals surface area contributed by atoms with Gasteiger partial charge in [0.25, 0.3) is 0 Å². The highest BCUT2D eigenvalue weighted by Gasteiger charge is 2.21. The van der Waals surface area contributed by atoms with Crippen molar-refractivity contribution in [1.29, 1.82) is 0 Å². The number of hydrogen-bond donors (Lipinski definition) is 1. The van der Waals surface area contributed by atoms with Gasteiger partial charge in [-0.1, -0.05) is 6.92 Å². The van der Waals surface area contributed by atoms with Gasteiger partial charge < -0.3 is 9.84 Å². The van der Waals surface area contributed by atoms with Crippen LogP contribution in [0.3, 0.4) is 0 Å². The Bertz CT molecular complexity index is 181. The van der Waals surface area contributed by atoms with Crippen molar-refractivity contribution in [1.82, 2.24) is 0 Å². The molecule has 0 aromatic rings. The van der Waals surface area contributed by atoms with Gasteiger partial charge in [0, 0.05) is 0 Å². The second-order valence-corrected chi connectivity index (χ2v) is 4.42. The summed E-state index contributed by atoms with van der Waals surface area (Å²) in [5, 5.41) is 8.99. The van der Waals surface area contributed by atoms with E-state index in [4.69, 9.17) is 9.84 Å². The third-order valence-corrected chi connectivity index (χ3v) is 2.72. The van der Waals surface area contributed by atoms with E-state index in [-0.39, 0.29) is 18.5 Å². The van der Waals surface area contributed by atoms with E-state index in [1.165, 1.54) is 0 Å².